The lowest BCUT2D eigenvalue weighted by Gasteiger charge is -2.12. The lowest BCUT2D eigenvalue weighted by Crippen LogP contribution is -2.14. The minimum absolute atomic E-state index is 0.193. The van der Waals surface area contributed by atoms with Crippen molar-refractivity contribution < 1.29 is 0 Å². The minimum Gasteiger partial charge on any atom is -0.339 e. The Morgan fingerprint density at radius 1 is 1.04 bits per heavy atom. The van der Waals surface area contributed by atoms with Crippen LogP contribution in [-0.2, 0) is 0 Å². The van der Waals surface area contributed by atoms with Gasteiger partial charge in [-0.3, -0.25) is 10.8 Å². The molecule has 0 radical (unpaired) electrons. The molecule has 0 aliphatic carbocycles. The number of benzene rings is 2. The van der Waals surface area contributed by atoms with E-state index in [0.717, 1.165) is 38.5 Å². The standard InChI is InChI=1S/C20H18ClN5S/c1-9-8-10(2)14-15(11(9)3)16(25-18(14)22)17-19(23)26-20(27-17)24-13-6-4-12(21)5-7-13/h4-8H,1-3H3,(H2,22,25)(H2,23,24,26). The van der Waals surface area contributed by atoms with Crippen LogP contribution in [0.1, 0.15) is 27.8 Å². The average Bonchev–Trinajstić information content (AvgIpc) is 3.15. The number of rotatable bonds is 1. The summed E-state index contributed by atoms with van der Waals surface area (Å²) in [7, 11) is 0. The van der Waals surface area contributed by atoms with Gasteiger partial charge in [0.25, 0.3) is 0 Å². The maximum absolute atomic E-state index is 8.36. The van der Waals surface area contributed by atoms with Crippen LogP contribution in [0.2, 0.25) is 5.02 Å². The molecule has 2 heterocycles. The molecule has 7 heteroatoms. The van der Waals surface area contributed by atoms with Gasteiger partial charge in [0, 0.05) is 21.8 Å². The first-order valence-electron chi connectivity index (χ1n) is 8.44. The van der Waals surface area contributed by atoms with Crippen molar-refractivity contribution in [2.45, 2.75) is 20.8 Å². The van der Waals surface area contributed by atoms with E-state index in [9.17, 15) is 0 Å². The van der Waals surface area contributed by atoms with Crippen LogP contribution in [0.3, 0.4) is 0 Å². The van der Waals surface area contributed by atoms with Gasteiger partial charge >= 0.3 is 0 Å². The number of thioether (sulfide) groups is 1. The highest BCUT2D eigenvalue weighted by Crippen LogP contribution is 2.40. The maximum Gasteiger partial charge on any atom is 0.173 e. The van der Waals surface area contributed by atoms with Gasteiger partial charge < -0.3 is 10.6 Å². The first kappa shape index (κ1) is 17.8. The van der Waals surface area contributed by atoms with Crippen LogP contribution in [-0.4, -0.2) is 16.8 Å². The van der Waals surface area contributed by atoms with Gasteiger partial charge in [0.2, 0.25) is 0 Å². The summed E-state index contributed by atoms with van der Waals surface area (Å²) in [5, 5.41) is 24.4. The van der Waals surface area contributed by atoms with E-state index in [4.69, 9.17) is 22.4 Å². The predicted molar refractivity (Wildman–Crippen MR) is 115 cm³/mol. The number of amidine groups is 3. The van der Waals surface area contributed by atoms with E-state index in [2.05, 4.69) is 35.5 Å². The molecule has 0 saturated heterocycles. The third-order valence-electron chi connectivity index (χ3n) is 4.74. The normalized spacial score (nSPS) is 18.4. The molecule has 0 atom stereocenters. The Balaban J connectivity index is 1.72. The second kappa shape index (κ2) is 6.55. The quantitative estimate of drug-likeness (QED) is 0.544. The molecule has 0 amide bonds. The molecular formula is C20H18ClN5S. The van der Waals surface area contributed by atoms with Gasteiger partial charge in [-0.2, -0.15) is 0 Å². The second-order valence-corrected chi connectivity index (χ2v) is 8.02. The van der Waals surface area contributed by atoms with Crippen LogP contribution in [0.4, 0.5) is 5.69 Å². The molecule has 0 unspecified atom stereocenters. The van der Waals surface area contributed by atoms with E-state index in [1.54, 1.807) is 12.1 Å². The third kappa shape index (κ3) is 3.05. The fourth-order valence-electron chi connectivity index (χ4n) is 3.34. The number of aryl methyl sites for hydroxylation is 2. The molecule has 0 bridgehead atoms. The van der Waals surface area contributed by atoms with Crippen LogP contribution < -0.4 is 10.6 Å². The Bertz CT molecular complexity index is 1070. The molecule has 4 N–H and O–H groups in total. The van der Waals surface area contributed by atoms with Crippen molar-refractivity contribution in [2.75, 3.05) is 5.32 Å². The Morgan fingerprint density at radius 3 is 2.44 bits per heavy atom. The van der Waals surface area contributed by atoms with Crippen molar-refractivity contribution >= 4 is 51.6 Å². The number of aliphatic imine (C=N–C) groups is 1. The summed E-state index contributed by atoms with van der Waals surface area (Å²) in [6, 6.07) is 9.46. The molecule has 2 aliphatic rings. The summed E-state index contributed by atoms with van der Waals surface area (Å²) >= 11 is 7.33. The highest BCUT2D eigenvalue weighted by atomic mass is 35.5. The summed E-state index contributed by atoms with van der Waals surface area (Å²) in [6.07, 6.45) is 0. The number of fused-ring (bicyclic) bond motifs is 1. The van der Waals surface area contributed by atoms with Gasteiger partial charge in [-0.05, 0) is 73.5 Å². The molecule has 0 saturated carbocycles. The summed E-state index contributed by atoms with van der Waals surface area (Å²) in [4.78, 5) is 5.08. The summed E-state index contributed by atoms with van der Waals surface area (Å²) in [5.74, 6) is 0.568. The van der Waals surface area contributed by atoms with E-state index >= 15 is 0 Å². The monoisotopic (exact) mass is 395 g/mol. The number of hydrogen-bond acceptors (Lipinski definition) is 4. The maximum atomic E-state index is 8.36. The van der Waals surface area contributed by atoms with Crippen molar-refractivity contribution in [3.05, 3.63) is 68.1 Å². The van der Waals surface area contributed by atoms with Gasteiger partial charge in [-0.1, -0.05) is 17.7 Å². The summed E-state index contributed by atoms with van der Waals surface area (Å²) in [5.41, 5.74) is 6.94. The van der Waals surface area contributed by atoms with Crippen molar-refractivity contribution in [3.8, 4) is 0 Å². The highest BCUT2D eigenvalue weighted by Gasteiger charge is 2.32. The van der Waals surface area contributed by atoms with E-state index in [-0.39, 0.29) is 5.84 Å². The molecule has 2 aromatic rings. The molecule has 136 valence electrons. The molecule has 0 spiro atoms. The zero-order valence-corrected chi connectivity index (χ0v) is 16.7. The first-order valence-corrected chi connectivity index (χ1v) is 9.64. The van der Waals surface area contributed by atoms with E-state index in [0.29, 0.717) is 16.0 Å². The Morgan fingerprint density at radius 2 is 1.74 bits per heavy atom. The molecule has 27 heavy (non-hydrogen) atoms. The molecule has 2 aliphatic heterocycles. The molecular weight excluding hydrogens is 378 g/mol. The van der Waals surface area contributed by atoms with Crippen molar-refractivity contribution in [2.24, 2.45) is 4.99 Å². The lowest BCUT2D eigenvalue weighted by molar-refractivity contribution is 1.27. The van der Waals surface area contributed by atoms with Crippen LogP contribution in [0, 0.1) is 31.6 Å². The lowest BCUT2D eigenvalue weighted by atomic mass is 9.93. The highest BCUT2D eigenvalue weighted by molar-refractivity contribution is 8.19. The Kier molecular flexibility index (Phi) is 4.32. The van der Waals surface area contributed by atoms with Crippen molar-refractivity contribution in [3.63, 3.8) is 0 Å². The van der Waals surface area contributed by atoms with Crippen LogP contribution in [0.25, 0.3) is 5.70 Å². The fraction of sp³-hybridized carbons (Fsp3) is 0.150. The van der Waals surface area contributed by atoms with Crippen LogP contribution >= 0.6 is 23.4 Å². The van der Waals surface area contributed by atoms with Gasteiger partial charge in [0.05, 0.1) is 10.6 Å². The SMILES string of the molecule is Cc1cc(C)c2c(c1C)C(=C1SC(Nc3ccc(Cl)cc3)=NC1=N)NC2=N. The number of anilines is 1. The summed E-state index contributed by atoms with van der Waals surface area (Å²) < 4.78 is 0. The number of halogens is 1. The second-order valence-electron chi connectivity index (χ2n) is 6.59. The van der Waals surface area contributed by atoms with Gasteiger partial charge in [0.15, 0.2) is 11.0 Å². The molecule has 0 fully saturated rings. The zero-order valence-electron chi connectivity index (χ0n) is 15.1. The predicted octanol–water partition coefficient (Wildman–Crippen LogP) is 5.05. The first-order chi connectivity index (χ1) is 12.8. The number of nitrogens with one attached hydrogen (secondary N) is 4. The molecule has 0 aromatic heterocycles. The topological polar surface area (TPSA) is 84.1 Å². The minimum atomic E-state index is 0.193. The number of hydrogen-bond donors (Lipinski definition) is 4. The fourth-order valence-corrected chi connectivity index (χ4v) is 4.36. The van der Waals surface area contributed by atoms with Crippen LogP contribution in [0.15, 0.2) is 40.2 Å². The zero-order chi connectivity index (χ0) is 19.3. The van der Waals surface area contributed by atoms with E-state index < -0.39 is 0 Å². The van der Waals surface area contributed by atoms with Crippen molar-refractivity contribution in [1.82, 2.24) is 5.32 Å². The average molecular weight is 396 g/mol. The number of nitrogens with zero attached hydrogens (tertiary/aromatic N) is 1. The van der Waals surface area contributed by atoms with Gasteiger partial charge in [0.1, 0.15) is 5.84 Å². The molecule has 5 nitrogen and oxygen atoms in total. The summed E-state index contributed by atoms with van der Waals surface area (Å²) in [6.45, 7) is 6.15. The third-order valence-corrected chi connectivity index (χ3v) is 5.98. The van der Waals surface area contributed by atoms with E-state index in [1.165, 1.54) is 17.3 Å². The van der Waals surface area contributed by atoms with Gasteiger partial charge in [-0.15, -0.1) is 0 Å². The Labute approximate surface area is 166 Å². The van der Waals surface area contributed by atoms with Gasteiger partial charge in [-0.25, -0.2) is 4.99 Å². The Hall–Kier alpha value is -2.57. The van der Waals surface area contributed by atoms with Crippen molar-refractivity contribution in [1.29, 1.82) is 10.8 Å². The van der Waals surface area contributed by atoms with Crippen LogP contribution in [0.5, 0.6) is 0 Å². The molecule has 4 rings (SSSR count). The largest absolute Gasteiger partial charge is 0.339 e. The molecule has 2 aromatic carbocycles. The van der Waals surface area contributed by atoms with E-state index in [1.807, 2.05) is 19.1 Å². The smallest absolute Gasteiger partial charge is 0.173 e.